The molecule has 4 heteroatoms. The van der Waals surface area contributed by atoms with Crippen molar-refractivity contribution in [3.05, 3.63) is 42.5 Å². The van der Waals surface area contributed by atoms with Crippen LogP contribution in [0.1, 0.15) is 10.4 Å². The first-order valence-corrected chi connectivity index (χ1v) is 5.39. The summed E-state index contributed by atoms with van der Waals surface area (Å²) in [5, 5.41) is 2.70. The molecular formula is C13H17NO3. The van der Waals surface area contributed by atoms with Gasteiger partial charge in [-0.15, -0.1) is 6.58 Å². The standard InChI is InChI=1S/C13H17NO3/c1-3-8-14-13(15)11-4-6-12(7-5-11)17-10-9-16-2/h3-7H,1,8-10H2,2H3,(H,14,15). The Kier molecular flexibility index (Phi) is 5.82. The molecule has 0 aliphatic carbocycles. The second-order valence-corrected chi connectivity index (χ2v) is 3.36. The second kappa shape index (κ2) is 7.46. The topological polar surface area (TPSA) is 47.6 Å². The Morgan fingerprint density at radius 3 is 2.65 bits per heavy atom. The van der Waals surface area contributed by atoms with Crippen molar-refractivity contribution in [2.24, 2.45) is 0 Å². The van der Waals surface area contributed by atoms with E-state index in [4.69, 9.17) is 9.47 Å². The van der Waals surface area contributed by atoms with E-state index in [2.05, 4.69) is 11.9 Å². The molecule has 4 nitrogen and oxygen atoms in total. The van der Waals surface area contributed by atoms with Gasteiger partial charge in [0.05, 0.1) is 6.61 Å². The van der Waals surface area contributed by atoms with Gasteiger partial charge in [0.1, 0.15) is 12.4 Å². The van der Waals surface area contributed by atoms with Gasteiger partial charge in [-0.05, 0) is 24.3 Å². The lowest BCUT2D eigenvalue weighted by atomic mass is 10.2. The van der Waals surface area contributed by atoms with Gasteiger partial charge in [0.25, 0.3) is 5.91 Å². The number of nitrogens with one attached hydrogen (secondary N) is 1. The molecular weight excluding hydrogens is 218 g/mol. The molecule has 0 aliphatic rings. The molecule has 0 saturated carbocycles. The quantitative estimate of drug-likeness (QED) is 0.577. The molecule has 1 N–H and O–H groups in total. The Morgan fingerprint density at radius 2 is 2.06 bits per heavy atom. The van der Waals surface area contributed by atoms with Crippen LogP contribution in [-0.2, 0) is 4.74 Å². The van der Waals surface area contributed by atoms with Gasteiger partial charge in [-0.25, -0.2) is 0 Å². The van der Waals surface area contributed by atoms with Crippen molar-refractivity contribution < 1.29 is 14.3 Å². The number of rotatable bonds is 7. The lowest BCUT2D eigenvalue weighted by molar-refractivity contribution is 0.0958. The lowest BCUT2D eigenvalue weighted by Crippen LogP contribution is -2.22. The number of carbonyl (C=O) groups excluding carboxylic acids is 1. The average Bonchev–Trinajstić information content (AvgIpc) is 2.37. The SMILES string of the molecule is C=CCNC(=O)c1ccc(OCCOC)cc1. The van der Waals surface area contributed by atoms with E-state index in [1.54, 1.807) is 37.5 Å². The van der Waals surface area contributed by atoms with Gasteiger partial charge < -0.3 is 14.8 Å². The van der Waals surface area contributed by atoms with Crippen LogP contribution in [0.3, 0.4) is 0 Å². The first kappa shape index (κ1) is 13.3. The molecule has 0 heterocycles. The van der Waals surface area contributed by atoms with Crippen molar-refractivity contribution in [2.75, 3.05) is 26.9 Å². The molecule has 0 fully saturated rings. The number of hydrogen-bond donors (Lipinski definition) is 1. The molecule has 0 radical (unpaired) electrons. The summed E-state index contributed by atoms with van der Waals surface area (Å²) >= 11 is 0. The van der Waals surface area contributed by atoms with Crippen molar-refractivity contribution in [1.82, 2.24) is 5.32 Å². The van der Waals surface area contributed by atoms with Crippen LogP contribution in [0.4, 0.5) is 0 Å². The van der Waals surface area contributed by atoms with Crippen molar-refractivity contribution in [3.63, 3.8) is 0 Å². The van der Waals surface area contributed by atoms with Gasteiger partial charge in [-0.3, -0.25) is 4.79 Å². The summed E-state index contributed by atoms with van der Waals surface area (Å²) in [6.07, 6.45) is 1.64. The molecule has 0 aromatic heterocycles. The zero-order valence-electron chi connectivity index (χ0n) is 9.94. The molecule has 17 heavy (non-hydrogen) atoms. The van der Waals surface area contributed by atoms with Gasteiger partial charge in [0.2, 0.25) is 0 Å². The van der Waals surface area contributed by atoms with E-state index in [1.807, 2.05) is 0 Å². The van der Waals surface area contributed by atoms with Gasteiger partial charge in [0.15, 0.2) is 0 Å². The van der Waals surface area contributed by atoms with Gasteiger partial charge in [0, 0.05) is 19.2 Å². The van der Waals surface area contributed by atoms with E-state index < -0.39 is 0 Å². The van der Waals surface area contributed by atoms with Crippen LogP contribution in [0.25, 0.3) is 0 Å². The predicted molar refractivity (Wildman–Crippen MR) is 66.3 cm³/mol. The molecule has 0 saturated heterocycles. The van der Waals surface area contributed by atoms with E-state index in [9.17, 15) is 4.79 Å². The highest BCUT2D eigenvalue weighted by Crippen LogP contribution is 2.11. The Morgan fingerprint density at radius 1 is 1.35 bits per heavy atom. The summed E-state index contributed by atoms with van der Waals surface area (Å²) in [5.41, 5.74) is 0.603. The number of methoxy groups -OCH3 is 1. The fraction of sp³-hybridized carbons (Fsp3) is 0.308. The van der Waals surface area contributed by atoms with Gasteiger partial charge >= 0.3 is 0 Å². The number of amides is 1. The Labute approximate surface area is 101 Å². The third-order valence-corrected chi connectivity index (χ3v) is 2.08. The Hall–Kier alpha value is -1.81. The zero-order chi connectivity index (χ0) is 12.5. The first-order chi connectivity index (χ1) is 8.27. The number of carbonyl (C=O) groups is 1. The van der Waals surface area contributed by atoms with Crippen LogP contribution in [0.5, 0.6) is 5.75 Å². The number of hydrogen-bond acceptors (Lipinski definition) is 3. The molecule has 1 aromatic rings. The maximum atomic E-state index is 11.6. The zero-order valence-corrected chi connectivity index (χ0v) is 9.94. The molecule has 0 unspecified atom stereocenters. The third-order valence-electron chi connectivity index (χ3n) is 2.08. The fourth-order valence-electron chi connectivity index (χ4n) is 1.21. The van der Waals surface area contributed by atoms with E-state index in [-0.39, 0.29) is 5.91 Å². The van der Waals surface area contributed by atoms with Gasteiger partial charge in [-0.2, -0.15) is 0 Å². The highest BCUT2D eigenvalue weighted by molar-refractivity contribution is 5.94. The van der Waals surface area contributed by atoms with Crippen LogP contribution in [0, 0.1) is 0 Å². The smallest absolute Gasteiger partial charge is 0.251 e. The minimum Gasteiger partial charge on any atom is -0.491 e. The highest BCUT2D eigenvalue weighted by Gasteiger charge is 2.03. The van der Waals surface area contributed by atoms with E-state index in [0.717, 1.165) is 5.75 Å². The van der Waals surface area contributed by atoms with Crippen LogP contribution in [-0.4, -0.2) is 32.8 Å². The summed E-state index contributed by atoms with van der Waals surface area (Å²) in [5.74, 6) is 0.607. The maximum absolute atomic E-state index is 11.6. The molecule has 0 bridgehead atoms. The van der Waals surface area contributed by atoms with Crippen LogP contribution < -0.4 is 10.1 Å². The monoisotopic (exact) mass is 235 g/mol. The third kappa shape index (κ3) is 4.70. The molecule has 1 rings (SSSR count). The Balaban J connectivity index is 2.49. The number of ether oxygens (including phenoxy) is 2. The minimum atomic E-state index is -0.117. The molecule has 0 spiro atoms. The second-order valence-electron chi connectivity index (χ2n) is 3.36. The molecule has 0 atom stereocenters. The largest absolute Gasteiger partial charge is 0.491 e. The summed E-state index contributed by atoms with van der Waals surface area (Å²) in [4.78, 5) is 11.6. The summed E-state index contributed by atoms with van der Waals surface area (Å²) in [6, 6.07) is 6.97. The predicted octanol–water partition coefficient (Wildman–Crippen LogP) is 1.63. The average molecular weight is 235 g/mol. The van der Waals surface area contributed by atoms with E-state index >= 15 is 0 Å². The molecule has 1 amide bonds. The molecule has 92 valence electrons. The highest BCUT2D eigenvalue weighted by atomic mass is 16.5. The summed E-state index contributed by atoms with van der Waals surface area (Å²) in [7, 11) is 1.62. The molecule has 1 aromatic carbocycles. The number of benzene rings is 1. The van der Waals surface area contributed by atoms with Crippen molar-refractivity contribution in [1.29, 1.82) is 0 Å². The maximum Gasteiger partial charge on any atom is 0.251 e. The van der Waals surface area contributed by atoms with Crippen LogP contribution in [0.2, 0.25) is 0 Å². The van der Waals surface area contributed by atoms with Crippen molar-refractivity contribution in [3.8, 4) is 5.75 Å². The van der Waals surface area contributed by atoms with Crippen LogP contribution >= 0.6 is 0 Å². The summed E-state index contributed by atoms with van der Waals surface area (Å²) in [6.45, 7) is 5.04. The Bertz CT molecular complexity index is 359. The fourth-order valence-corrected chi connectivity index (χ4v) is 1.21. The normalized spacial score (nSPS) is 9.71. The van der Waals surface area contributed by atoms with Gasteiger partial charge in [-0.1, -0.05) is 6.08 Å². The minimum absolute atomic E-state index is 0.117. The molecule has 0 aliphatic heterocycles. The van der Waals surface area contributed by atoms with E-state index in [1.165, 1.54) is 0 Å². The first-order valence-electron chi connectivity index (χ1n) is 5.39. The van der Waals surface area contributed by atoms with Crippen LogP contribution in [0.15, 0.2) is 36.9 Å². The lowest BCUT2D eigenvalue weighted by Gasteiger charge is -2.06. The summed E-state index contributed by atoms with van der Waals surface area (Å²) < 4.78 is 10.3. The van der Waals surface area contributed by atoms with E-state index in [0.29, 0.717) is 25.3 Å². The van der Waals surface area contributed by atoms with Crippen molar-refractivity contribution >= 4 is 5.91 Å². The van der Waals surface area contributed by atoms with Crippen molar-refractivity contribution in [2.45, 2.75) is 0 Å².